The summed E-state index contributed by atoms with van der Waals surface area (Å²) in [5.41, 5.74) is 0. The fourth-order valence-corrected chi connectivity index (χ4v) is 3.22. The van der Waals surface area contributed by atoms with E-state index in [1.54, 1.807) is 18.5 Å². The van der Waals surface area contributed by atoms with E-state index in [0.717, 1.165) is 0 Å². The molecule has 0 fully saturated rings. The van der Waals surface area contributed by atoms with Gasteiger partial charge in [0.1, 0.15) is 0 Å². The summed E-state index contributed by atoms with van der Waals surface area (Å²) in [6, 6.07) is 0. The Bertz CT molecular complexity index is 209. The first kappa shape index (κ1) is 17.0. The Hall–Kier alpha value is 0.0300. The monoisotopic (exact) mass is 269 g/mol. The molecule has 7 heteroatoms. The third kappa shape index (κ3) is 6.50. The molecule has 0 unspecified atom stereocenters. The molecular formula is C10H24NO5P. The predicted octanol–water partition coefficient (Wildman–Crippen LogP) is 1.23. The molecular weight excluding hydrogens is 245 g/mol. The fraction of sp³-hybridized carbons (Fsp3) is 1.00. The molecule has 6 nitrogen and oxygen atoms in total. The maximum Gasteiger partial charge on any atom is 0.408 e. The van der Waals surface area contributed by atoms with E-state index in [0.29, 0.717) is 39.1 Å². The Labute approximate surface area is 103 Å². The smallest absolute Gasteiger partial charge is 0.396 e. The maximum atomic E-state index is 12.4. The van der Waals surface area contributed by atoms with Gasteiger partial charge in [-0.1, -0.05) is 0 Å². The summed E-state index contributed by atoms with van der Waals surface area (Å²) in [5.74, 6) is 0. The van der Waals surface area contributed by atoms with Gasteiger partial charge in [0.05, 0.1) is 13.2 Å². The molecule has 0 aromatic rings. The van der Waals surface area contributed by atoms with Crippen molar-refractivity contribution in [2.45, 2.75) is 26.7 Å². The lowest BCUT2D eigenvalue weighted by atomic mass is 10.4. The van der Waals surface area contributed by atoms with Gasteiger partial charge in [0.15, 0.2) is 0 Å². The highest BCUT2D eigenvalue weighted by molar-refractivity contribution is 7.51. The first-order valence-corrected chi connectivity index (χ1v) is 7.50. The third-order valence-electron chi connectivity index (χ3n) is 2.08. The molecule has 0 rings (SSSR count). The molecule has 104 valence electrons. The summed E-state index contributed by atoms with van der Waals surface area (Å²) in [4.78, 5) is 0. The van der Waals surface area contributed by atoms with Crippen molar-refractivity contribution >= 4 is 7.75 Å². The summed E-state index contributed by atoms with van der Waals surface area (Å²) in [5, 5.41) is 17.6. The van der Waals surface area contributed by atoms with Gasteiger partial charge in [0, 0.05) is 26.3 Å². The molecule has 0 aliphatic rings. The normalized spacial score (nSPS) is 12.3. The molecule has 0 amide bonds. The molecule has 0 aliphatic heterocycles. The first-order chi connectivity index (χ1) is 8.14. The van der Waals surface area contributed by atoms with Crippen molar-refractivity contribution in [2.24, 2.45) is 0 Å². The standard InChI is InChI=1S/C10H24NO5P/c1-3-15-17(14,16-4-2)11(7-5-9-12)8-6-10-13/h12-13H,3-10H2,1-2H3. The third-order valence-corrected chi connectivity index (χ3v) is 4.34. The molecule has 0 saturated carbocycles. The van der Waals surface area contributed by atoms with Crippen molar-refractivity contribution in [3.8, 4) is 0 Å². The molecule has 0 aliphatic carbocycles. The lowest BCUT2D eigenvalue weighted by Gasteiger charge is -2.29. The minimum atomic E-state index is -3.28. The van der Waals surface area contributed by atoms with Gasteiger partial charge in [-0.3, -0.25) is 9.05 Å². The molecule has 0 bridgehead atoms. The Balaban J connectivity index is 4.59. The van der Waals surface area contributed by atoms with Crippen LogP contribution in [0.5, 0.6) is 0 Å². The summed E-state index contributed by atoms with van der Waals surface area (Å²) in [7, 11) is -3.28. The van der Waals surface area contributed by atoms with E-state index in [-0.39, 0.29) is 13.2 Å². The minimum absolute atomic E-state index is 0.0217. The largest absolute Gasteiger partial charge is 0.408 e. The van der Waals surface area contributed by atoms with Crippen LogP contribution in [0.1, 0.15) is 26.7 Å². The molecule has 0 heterocycles. The molecule has 0 atom stereocenters. The molecule has 17 heavy (non-hydrogen) atoms. The van der Waals surface area contributed by atoms with Crippen molar-refractivity contribution in [3.05, 3.63) is 0 Å². The van der Waals surface area contributed by atoms with Crippen molar-refractivity contribution in [1.82, 2.24) is 4.67 Å². The van der Waals surface area contributed by atoms with Gasteiger partial charge in [-0.2, -0.15) is 0 Å². The second kappa shape index (κ2) is 10.00. The highest BCUT2D eigenvalue weighted by atomic mass is 31.2. The SMILES string of the molecule is CCOP(=O)(OCC)N(CCCO)CCCO. The van der Waals surface area contributed by atoms with Crippen LogP contribution < -0.4 is 0 Å². The number of aliphatic hydroxyl groups is 2. The average molecular weight is 269 g/mol. The van der Waals surface area contributed by atoms with E-state index >= 15 is 0 Å². The lowest BCUT2D eigenvalue weighted by molar-refractivity contribution is 0.156. The van der Waals surface area contributed by atoms with Gasteiger partial charge in [-0.05, 0) is 26.7 Å². The van der Waals surface area contributed by atoms with Crippen molar-refractivity contribution in [1.29, 1.82) is 0 Å². The lowest BCUT2D eigenvalue weighted by Crippen LogP contribution is -2.26. The van der Waals surface area contributed by atoms with E-state index in [4.69, 9.17) is 19.3 Å². The molecule has 0 saturated heterocycles. The van der Waals surface area contributed by atoms with Gasteiger partial charge in [0.2, 0.25) is 0 Å². The van der Waals surface area contributed by atoms with Gasteiger partial charge in [-0.25, -0.2) is 9.24 Å². The predicted molar refractivity (Wildman–Crippen MR) is 65.8 cm³/mol. The maximum absolute atomic E-state index is 12.4. The first-order valence-electron chi connectivity index (χ1n) is 6.00. The summed E-state index contributed by atoms with van der Waals surface area (Å²) < 4.78 is 24.5. The van der Waals surface area contributed by atoms with Crippen LogP contribution in [0.2, 0.25) is 0 Å². The zero-order chi connectivity index (χ0) is 13.1. The molecule has 2 N–H and O–H groups in total. The zero-order valence-electron chi connectivity index (χ0n) is 10.7. The van der Waals surface area contributed by atoms with E-state index in [9.17, 15) is 4.57 Å². The van der Waals surface area contributed by atoms with Crippen LogP contribution in [0, 0.1) is 0 Å². The highest BCUT2D eigenvalue weighted by Crippen LogP contribution is 2.51. The van der Waals surface area contributed by atoms with Crippen LogP contribution in [-0.4, -0.2) is 54.4 Å². The topological polar surface area (TPSA) is 79.2 Å². The van der Waals surface area contributed by atoms with Crippen molar-refractivity contribution in [3.63, 3.8) is 0 Å². The number of rotatable bonds is 11. The molecule has 0 radical (unpaired) electrons. The second-order valence-corrected chi connectivity index (χ2v) is 5.43. The van der Waals surface area contributed by atoms with Crippen LogP contribution in [-0.2, 0) is 13.6 Å². The molecule has 0 aromatic carbocycles. The molecule has 0 aromatic heterocycles. The number of hydrogen-bond acceptors (Lipinski definition) is 5. The molecule has 0 spiro atoms. The van der Waals surface area contributed by atoms with Crippen LogP contribution in [0.25, 0.3) is 0 Å². The van der Waals surface area contributed by atoms with E-state index in [2.05, 4.69) is 0 Å². The van der Waals surface area contributed by atoms with Crippen LogP contribution >= 0.6 is 7.75 Å². The van der Waals surface area contributed by atoms with Crippen molar-refractivity contribution in [2.75, 3.05) is 39.5 Å². The second-order valence-electron chi connectivity index (χ2n) is 3.41. The fourth-order valence-electron chi connectivity index (χ4n) is 1.39. The Morgan fingerprint density at radius 2 is 1.41 bits per heavy atom. The van der Waals surface area contributed by atoms with Gasteiger partial charge < -0.3 is 10.2 Å². The van der Waals surface area contributed by atoms with E-state index in [1.165, 1.54) is 0 Å². The average Bonchev–Trinajstić information content (AvgIpc) is 2.29. The summed E-state index contributed by atoms with van der Waals surface area (Å²) in [6.07, 6.45) is 0.991. The zero-order valence-corrected chi connectivity index (χ0v) is 11.6. The quantitative estimate of drug-likeness (QED) is 0.549. The van der Waals surface area contributed by atoms with Crippen LogP contribution in [0.4, 0.5) is 0 Å². The Morgan fingerprint density at radius 1 is 1.00 bits per heavy atom. The Morgan fingerprint density at radius 3 is 1.71 bits per heavy atom. The van der Waals surface area contributed by atoms with Gasteiger partial charge >= 0.3 is 7.75 Å². The van der Waals surface area contributed by atoms with E-state index in [1.807, 2.05) is 0 Å². The Kier molecular flexibility index (Phi) is 10.0. The number of hydrogen-bond donors (Lipinski definition) is 2. The number of aliphatic hydroxyl groups excluding tert-OH is 2. The van der Waals surface area contributed by atoms with E-state index < -0.39 is 7.75 Å². The summed E-state index contributed by atoms with van der Waals surface area (Å²) in [6.45, 7) is 4.99. The number of nitrogens with zero attached hydrogens (tertiary/aromatic N) is 1. The van der Waals surface area contributed by atoms with Crippen molar-refractivity contribution < 1.29 is 23.8 Å². The van der Waals surface area contributed by atoms with Gasteiger partial charge in [-0.15, -0.1) is 0 Å². The van der Waals surface area contributed by atoms with Crippen LogP contribution in [0.3, 0.4) is 0 Å². The minimum Gasteiger partial charge on any atom is -0.396 e. The highest BCUT2D eigenvalue weighted by Gasteiger charge is 2.32. The van der Waals surface area contributed by atoms with Gasteiger partial charge in [0.25, 0.3) is 0 Å². The summed E-state index contributed by atoms with van der Waals surface area (Å²) >= 11 is 0. The van der Waals surface area contributed by atoms with Crippen LogP contribution in [0.15, 0.2) is 0 Å².